The van der Waals surface area contributed by atoms with E-state index in [0.29, 0.717) is 41.5 Å². The molecule has 0 radical (unpaired) electrons. The number of nitrogens with zero attached hydrogens (tertiary/aromatic N) is 6. The molecule has 1 spiro atoms. The number of pyridine rings is 1. The first-order chi connectivity index (χ1) is 17.4. The number of amides is 2. The summed E-state index contributed by atoms with van der Waals surface area (Å²) < 4.78 is 5.76. The van der Waals surface area contributed by atoms with Gasteiger partial charge in [-0.1, -0.05) is 18.8 Å². The van der Waals surface area contributed by atoms with Gasteiger partial charge in [0.25, 0.3) is 0 Å². The Hall–Kier alpha value is -3.90. The summed E-state index contributed by atoms with van der Waals surface area (Å²) in [6.45, 7) is 2.16. The van der Waals surface area contributed by atoms with Crippen LogP contribution in [0.15, 0.2) is 36.5 Å². The molecule has 9 heteroatoms. The predicted molar refractivity (Wildman–Crippen MR) is 141 cm³/mol. The number of terminal acetylenes is 1. The van der Waals surface area contributed by atoms with Crippen LogP contribution in [0.3, 0.4) is 0 Å². The van der Waals surface area contributed by atoms with E-state index in [4.69, 9.17) is 16.1 Å². The summed E-state index contributed by atoms with van der Waals surface area (Å²) in [7, 11) is 5.87. The molecule has 1 aliphatic carbocycles. The van der Waals surface area contributed by atoms with Gasteiger partial charge in [0, 0.05) is 37.6 Å². The fourth-order valence-corrected chi connectivity index (χ4v) is 5.11. The van der Waals surface area contributed by atoms with Gasteiger partial charge in [0.2, 0.25) is 5.95 Å². The number of carbonyl (C=O) groups is 1. The summed E-state index contributed by atoms with van der Waals surface area (Å²) in [6, 6.07) is 9.40. The third-order valence-corrected chi connectivity index (χ3v) is 6.91. The van der Waals surface area contributed by atoms with E-state index >= 15 is 0 Å². The van der Waals surface area contributed by atoms with Gasteiger partial charge in [0.05, 0.1) is 10.9 Å². The van der Waals surface area contributed by atoms with Crippen molar-refractivity contribution >= 4 is 34.5 Å². The highest BCUT2D eigenvalue weighted by Crippen LogP contribution is 2.43. The topological polar surface area (TPSA) is 86.7 Å². The van der Waals surface area contributed by atoms with Crippen LogP contribution in [0.5, 0.6) is 5.75 Å². The van der Waals surface area contributed by atoms with Crippen LogP contribution in [0.2, 0.25) is 0 Å². The standard InChI is InChI=1S/C27H31N7O2/c1-5-19-16-23(34-26(35)33(4)18-27(34)12-6-7-13-27)30-24-22(19)17-28-25(31-24)29-20-8-10-21(11-9-20)36-15-14-32(2)3/h1,8-11,16-17H,6-7,12-15,18H2,2-4H3,(H,28,29,30,31). The molecule has 2 aromatic heterocycles. The third kappa shape index (κ3) is 4.52. The average molecular weight is 486 g/mol. The number of carbonyl (C=O) groups excluding carboxylic acids is 1. The number of benzene rings is 1. The lowest BCUT2D eigenvalue weighted by molar-refractivity contribution is 0.229. The molecule has 3 heterocycles. The molecular weight excluding hydrogens is 454 g/mol. The van der Waals surface area contributed by atoms with Gasteiger partial charge < -0.3 is 19.9 Å². The molecule has 1 saturated heterocycles. The van der Waals surface area contributed by atoms with Gasteiger partial charge in [-0.3, -0.25) is 4.90 Å². The first-order valence-corrected chi connectivity index (χ1v) is 12.2. The van der Waals surface area contributed by atoms with Crippen LogP contribution in [-0.2, 0) is 0 Å². The Morgan fingerprint density at radius 3 is 2.64 bits per heavy atom. The Bertz CT molecular complexity index is 1310. The van der Waals surface area contributed by atoms with Crippen molar-refractivity contribution in [3.8, 4) is 18.1 Å². The van der Waals surface area contributed by atoms with E-state index in [-0.39, 0.29) is 11.6 Å². The van der Waals surface area contributed by atoms with Crippen molar-refractivity contribution in [3.05, 3.63) is 42.1 Å². The molecule has 1 aliphatic heterocycles. The van der Waals surface area contributed by atoms with Crippen molar-refractivity contribution < 1.29 is 9.53 Å². The molecule has 1 aromatic carbocycles. The molecule has 2 amide bonds. The quantitative estimate of drug-likeness (QED) is 0.508. The zero-order valence-corrected chi connectivity index (χ0v) is 21.0. The molecule has 9 nitrogen and oxygen atoms in total. The van der Waals surface area contributed by atoms with Gasteiger partial charge in [0.15, 0.2) is 5.65 Å². The maximum absolute atomic E-state index is 13.1. The second-order valence-corrected chi connectivity index (χ2v) is 9.81. The summed E-state index contributed by atoms with van der Waals surface area (Å²) >= 11 is 0. The molecule has 2 aliphatic rings. The molecule has 1 N–H and O–H groups in total. The van der Waals surface area contributed by atoms with E-state index in [1.54, 1.807) is 11.1 Å². The van der Waals surface area contributed by atoms with E-state index in [1.165, 1.54) is 0 Å². The maximum atomic E-state index is 13.1. The van der Waals surface area contributed by atoms with Crippen molar-refractivity contribution in [2.45, 2.75) is 31.2 Å². The Kier molecular flexibility index (Phi) is 6.37. The number of rotatable bonds is 7. The number of hydrogen-bond donors (Lipinski definition) is 1. The third-order valence-electron chi connectivity index (χ3n) is 6.91. The summed E-state index contributed by atoms with van der Waals surface area (Å²) in [5, 5.41) is 3.90. The van der Waals surface area contributed by atoms with Crippen molar-refractivity contribution in [3.63, 3.8) is 0 Å². The largest absolute Gasteiger partial charge is 0.492 e. The summed E-state index contributed by atoms with van der Waals surface area (Å²) in [5.41, 5.74) is 1.67. The molecule has 36 heavy (non-hydrogen) atoms. The molecule has 1 saturated carbocycles. The number of anilines is 3. The maximum Gasteiger partial charge on any atom is 0.326 e. The summed E-state index contributed by atoms with van der Waals surface area (Å²) in [4.78, 5) is 32.7. The lowest BCUT2D eigenvalue weighted by Gasteiger charge is -2.32. The van der Waals surface area contributed by atoms with Gasteiger partial charge in [-0.05, 0) is 57.3 Å². The second-order valence-electron chi connectivity index (χ2n) is 9.81. The fraction of sp³-hybridized carbons (Fsp3) is 0.407. The number of ether oxygens (including phenoxy) is 1. The van der Waals surface area contributed by atoms with E-state index in [9.17, 15) is 4.79 Å². The fourth-order valence-electron chi connectivity index (χ4n) is 5.11. The highest BCUT2D eigenvalue weighted by atomic mass is 16.5. The number of hydrogen-bond acceptors (Lipinski definition) is 7. The minimum atomic E-state index is -0.233. The minimum absolute atomic E-state index is 0.0491. The first kappa shape index (κ1) is 23.8. The molecule has 0 bridgehead atoms. The Morgan fingerprint density at radius 2 is 1.94 bits per heavy atom. The first-order valence-electron chi connectivity index (χ1n) is 12.2. The number of urea groups is 1. The Labute approximate surface area is 211 Å². The predicted octanol–water partition coefficient (Wildman–Crippen LogP) is 3.87. The highest BCUT2D eigenvalue weighted by molar-refractivity contribution is 5.97. The van der Waals surface area contributed by atoms with Crippen LogP contribution < -0.4 is 15.0 Å². The molecule has 186 valence electrons. The van der Waals surface area contributed by atoms with Crippen LogP contribution in [0.25, 0.3) is 11.0 Å². The van der Waals surface area contributed by atoms with Crippen LogP contribution in [0.1, 0.15) is 31.2 Å². The highest BCUT2D eigenvalue weighted by Gasteiger charge is 2.51. The molecule has 5 rings (SSSR count). The van der Waals surface area contributed by atoms with Crippen molar-refractivity contribution in [2.75, 3.05) is 51.1 Å². The van der Waals surface area contributed by atoms with E-state index in [2.05, 4.69) is 26.1 Å². The zero-order valence-electron chi connectivity index (χ0n) is 21.0. The van der Waals surface area contributed by atoms with Crippen molar-refractivity contribution in [2.24, 2.45) is 0 Å². The van der Waals surface area contributed by atoms with Crippen LogP contribution >= 0.6 is 0 Å². The van der Waals surface area contributed by atoms with E-state index in [1.807, 2.05) is 56.4 Å². The van der Waals surface area contributed by atoms with Gasteiger partial charge in [-0.25, -0.2) is 14.8 Å². The molecule has 0 unspecified atom stereocenters. The Morgan fingerprint density at radius 1 is 1.19 bits per heavy atom. The monoisotopic (exact) mass is 485 g/mol. The van der Waals surface area contributed by atoms with Gasteiger partial charge in [0.1, 0.15) is 18.2 Å². The summed E-state index contributed by atoms with van der Waals surface area (Å²) in [5.74, 6) is 4.48. The smallest absolute Gasteiger partial charge is 0.326 e. The molecular formula is C27H31N7O2. The van der Waals surface area contributed by atoms with Crippen LogP contribution in [0.4, 0.5) is 22.2 Å². The molecule has 3 aromatic rings. The molecule has 2 fully saturated rings. The number of likely N-dealkylation sites (N-methyl/N-ethyl adjacent to an activating group) is 2. The van der Waals surface area contributed by atoms with Crippen LogP contribution in [-0.4, -0.2) is 77.2 Å². The SMILES string of the molecule is C#Cc1cc(N2C(=O)N(C)CC23CCCC3)nc2nc(Nc3ccc(OCCN(C)C)cc3)ncc12. The normalized spacial score (nSPS) is 16.8. The average Bonchev–Trinajstić information content (AvgIpc) is 3.42. The second kappa shape index (κ2) is 9.63. The lowest BCUT2D eigenvalue weighted by atomic mass is 9.96. The van der Waals surface area contributed by atoms with E-state index < -0.39 is 0 Å². The van der Waals surface area contributed by atoms with Gasteiger partial charge >= 0.3 is 6.03 Å². The minimum Gasteiger partial charge on any atom is -0.492 e. The van der Waals surface area contributed by atoms with Crippen molar-refractivity contribution in [1.82, 2.24) is 24.8 Å². The van der Waals surface area contributed by atoms with Crippen LogP contribution in [0, 0.1) is 12.3 Å². The zero-order chi connectivity index (χ0) is 25.3. The Balaban J connectivity index is 1.42. The summed E-state index contributed by atoms with van der Waals surface area (Å²) in [6.07, 6.45) is 11.6. The molecule has 0 atom stereocenters. The van der Waals surface area contributed by atoms with E-state index in [0.717, 1.165) is 43.7 Å². The van der Waals surface area contributed by atoms with Crippen molar-refractivity contribution in [1.29, 1.82) is 0 Å². The number of fused-ring (bicyclic) bond motifs is 1. The lowest BCUT2D eigenvalue weighted by Crippen LogP contribution is -2.45. The van der Waals surface area contributed by atoms with Gasteiger partial charge in [-0.15, -0.1) is 6.42 Å². The number of nitrogens with one attached hydrogen (secondary N) is 1. The number of aromatic nitrogens is 3. The van der Waals surface area contributed by atoms with Gasteiger partial charge in [-0.2, -0.15) is 4.98 Å².